The fourth-order valence-electron chi connectivity index (χ4n) is 1.67. The van der Waals surface area contributed by atoms with Crippen LogP contribution in [0, 0.1) is 11.8 Å². The highest BCUT2D eigenvalue weighted by Gasteiger charge is 2.40. The van der Waals surface area contributed by atoms with Crippen molar-refractivity contribution in [2.45, 2.75) is 58.1 Å². The van der Waals surface area contributed by atoms with Gasteiger partial charge in [0.2, 0.25) is 0 Å². The van der Waals surface area contributed by atoms with Gasteiger partial charge in [0.15, 0.2) is 0 Å². The molecule has 0 N–H and O–H groups in total. The maximum absolute atomic E-state index is 5.62. The van der Waals surface area contributed by atoms with E-state index in [-0.39, 0.29) is 0 Å². The molecule has 1 fully saturated rings. The first kappa shape index (κ1) is 15.7. The van der Waals surface area contributed by atoms with Crippen LogP contribution >= 0.6 is 21.6 Å². The van der Waals surface area contributed by atoms with Gasteiger partial charge in [-0.15, -0.1) is 0 Å². The molecule has 3 heteroatoms. The first-order chi connectivity index (χ1) is 7.07. The van der Waals surface area contributed by atoms with E-state index in [0.29, 0.717) is 28.4 Å². The van der Waals surface area contributed by atoms with E-state index < -0.39 is 0 Å². The molecule has 1 aliphatic heterocycles. The lowest BCUT2D eigenvalue weighted by Crippen LogP contribution is -2.35. The number of rotatable bonds is 3. The molecule has 0 amide bonds. The van der Waals surface area contributed by atoms with E-state index in [1.54, 1.807) is 0 Å². The van der Waals surface area contributed by atoms with Gasteiger partial charge in [-0.25, -0.2) is 0 Å². The average molecular weight is 250 g/mol. The predicted octanol–water partition coefficient (Wildman–Crippen LogP) is 4.47. The molecule has 0 aromatic carbocycles. The Balaban J connectivity index is 0.000000921. The molecule has 0 saturated carbocycles. The second-order valence-electron chi connectivity index (χ2n) is 4.31. The molecule has 0 radical (unpaired) electrons. The number of ether oxygens (including phenoxy) is 1. The Morgan fingerprint density at radius 1 is 0.867 bits per heavy atom. The van der Waals surface area contributed by atoms with E-state index in [1.807, 2.05) is 42.5 Å². The molecule has 1 rings (SSSR count). The second kappa shape index (κ2) is 7.86. The summed E-state index contributed by atoms with van der Waals surface area (Å²) in [5, 5.41) is 1.34. The fraction of sp³-hybridized carbons (Fsp3) is 1.00. The normalized spacial score (nSPS) is 30.6. The standard InChI is InChI=1S/C10H20OS2.C2H6/c1-6(2)9-8(11-5)10(7(3)4)13-12-9;1-2/h6-10H,1-5H3;1-2H3. The zero-order chi connectivity index (χ0) is 12.0. The minimum atomic E-state index is 0.440. The van der Waals surface area contributed by atoms with Crippen molar-refractivity contribution >= 4 is 21.6 Å². The topological polar surface area (TPSA) is 9.23 Å². The lowest BCUT2D eigenvalue weighted by Gasteiger charge is -2.25. The van der Waals surface area contributed by atoms with Crippen LogP contribution < -0.4 is 0 Å². The monoisotopic (exact) mass is 250 g/mol. The van der Waals surface area contributed by atoms with E-state index >= 15 is 0 Å². The Kier molecular flexibility index (Phi) is 8.20. The molecule has 15 heavy (non-hydrogen) atoms. The van der Waals surface area contributed by atoms with Crippen LogP contribution in [0.1, 0.15) is 41.5 Å². The van der Waals surface area contributed by atoms with Gasteiger partial charge in [0, 0.05) is 17.6 Å². The van der Waals surface area contributed by atoms with Crippen molar-refractivity contribution in [3.05, 3.63) is 0 Å². The quantitative estimate of drug-likeness (QED) is 0.684. The van der Waals surface area contributed by atoms with Crippen LogP contribution in [0.2, 0.25) is 0 Å². The largest absolute Gasteiger partial charge is 0.379 e. The Morgan fingerprint density at radius 3 is 1.40 bits per heavy atom. The van der Waals surface area contributed by atoms with Crippen molar-refractivity contribution in [3.8, 4) is 0 Å². The van der Waals surface area contributed by atoms with Crippen molar-refractivity contribution in [3.63, 3.8) is 0 Å². The molecule has 1 heterocycles. The van der Waals surface area contributed by atoms with Crippen LogP contribution in [0.5, 0.6) is 0 Å². The summed E-state index contributed by atoms with van der Waals surface area (Å²) in [6.45, 7) is 13.1. The van der Waals surface area contributed by atoms with Gasteiger partial charge < -0.3 is 4.74 Å². The van der Waals surface area contributed by atoms with Crippen molar-refractivity contribution in [2.24, 2.45) is 11.8 Å². The Hall–Kier alpha value is 0.660. The molecule has 0 aromatic rings. The maximum atomic E-state index is 5.62. The smallest absolute Gasteiger partial charge is 0.0829 e. The Bertz CT molecular complexity index is 144. The van der Waals surface area contributed by atoms with Gasteiger partial charge in [-0.1, -0.05) is 63.1 Å². The van der Waals surface area contributed by atoms with Crippen LogP contribution in [0.15, 0.2) is 0 Å². The molecule has 0 spiro atoms. The van der Waals surface area contributed by atoms with E-state index in [1.165, 1.54) is 0 Å². The highest BCUT2D eigenvalue weighted by molar-refractivity contribution is 8.77. The van der Waals surface area contributed by atoms with Crippen LogP contribution in [0.25, 0.3) is 0 Å². The summed E-state index contributed by atoms with van der Waals surface area (Å²) in [5.41, 5.74) is 0. The van der Waals surface area contributed by atoms with Crippen molar-refractivity contribution in [2.75, 3.05) is 7.11 Å². The molecule has 0 aromatic heterocycles. The first-order valence-electron chi connectivity index (χ1n) is 5.92. The SMILES string of the molecule is CC.COC1C(C(C)C)SSC1C(C)C. The summed E-state index contributed by atoms with van der Waals surface area (Å²) in [5.74, 6) is 1.43. The molecule has 0 aliphatic carbocycles. The molecular formula is C12H26OS2. The number of hydrogen-bond donors (Lipinski definition) is 0. The maximum Gasteiger partial charge on any atom is 0.0829 e. The minimum Gasteiger partial charge on any atom is -0.379 e. The predicted molar refractivity (Wildman–Crippen MR) is 74.6 cm³/mol. The van der Waals surface area contributed by atoms with E-state index in [2.05, 4.69) is 27.7 Å². The minimum absolute atomic E-state index is 0.440. The molecule has 1 aliphatic rings. The van der Waals surface area contributed by atoms with Gasteiger partial charge in [-0.05, 0) is 11.8 Å². The fourth-order valence-corrected chi connectivity index (χ4v) is 6.01. The molecule has 1 nitrogen and oxygen atoms in total. The molecule has 0 bridgehead atoms. The van der Waals surface area contributed by atoms with Gasteiger partial charge in [-0.3, -0.25) is 0 Å². The highest BCUT2D eigenvalue weighted by Crippen LogP contribution is 2.50. The van der Waals surface area contributed by atoms with Gasteiger partial charge in [0.05, 0.1) is 6.10 Å². The Labute approximate surface area is 104 Å². The summed E-state index contributed by atoms with van der Waals surface area (Å²) in [7, 11) is 5.87. The average Bonchev–Trinajstić information content (AvgIpc) is 2.64. The first-order valence-corrected chi connectivity index (χ1v) is 8.20. The van der Waals surface area contributed by atoms with Gasteiger partial charge in [0.1, 0.15) is 0 Å². The van der Waals surface area contributed by atoms with Crippen LogP contribution in [0.3, 0.4) is 0 Å². The van der Waals surface area contributed by atoms with Crippen LogP contribution in [-0.2, 0) is 4.74 Å². The van der Waals surface area contributed by atoms with Gasteiger partial charge in [-0.2, -0.15) is 0 Å². The van der Waals surface area contributed by atoms with Crippen molar-refractivity contribution < 1.29 is 4.74 Å². The van der Waals surface area contributed by atoms with Crippen molar-refractivity contribution in [1.29, 1.82) is 0 Å². The van der Waals surface area contributed by atoms with Crippen LogP contribution in [-0.4, -0.2) is 23.7 Å². The molecular weight excluding hydrogens is 224 g/mol. The zero-order valence-electron chi connectivity index (χ0n) is 11.1. The van der Waals surface area contributed by atoms with E-state index in [4.69, 9.17) is 4.74 Å². The second-order valence-corrected chi connectivity index (χ2v) is 6.94. The zero-order valence-corrected chi connectivity index (χ0v) is 12.7. The lowest BCUT2D eigenvalue weighted by molar-refractivity contribution is 0.0812. The van der Waals surface area contributed by atoms with E-state index in [9.17, 15) is 0 Å². The lowest BCUT2D eigenvalue weighted by atomic mass is 9.96. The summed E-state index contributed by atoms with van der Waals surface area (Å²) in [6.07, 6.45) is 0.440. The molecule has 2 unspecified atom stereocenters. The number of methoxy groups -OCH3 is 1. The third-order valence-corrected chi connectivity index (χ3v) is 6.36. The van der Waals surface area contributed by atoms with Gasteiger partial charge in [0.25, 0.3) is 0 Å². The summed E-state index contributed by atoms with van der Waals surface area (Å²) >= 11 is 0. The third-order valence-electron chi connectivity index (χ3n) is 2.51. The number of hydrogen-bond acceptors (Lipinski definition) is 3. The highest BCUT2D eigenvalue weighted by atomic mass is 33.1. The van der Waals surface area contributed by atoms with Gasteiger partial charge >= 0.3 is 0 Å². The van der Waals surface area contributed by atoms with E-state index in [0.717, 1.165) is 0 Å². The molecule has 1 saturated heterocycles. The van der Waals surface area contributed by atoms with Crippen LogP contribution in [0.4, 0.5) is 0 Å². The molecule has 92 valence electrons. The Morgan fingerprint density at radius 2 is 1.20 bits per heavy atom. The third kappa shape index (κ3) is 4.20. The summed E-state index contributed by atoms with van der Waals surface area (Å²) in [6, 6.07) is 0. The summed E-state index contributed by atoms with van der Waals surface area (Å²) < 4.78 is 5.62. The van der Waals surface area contributed by atoms with Crippen molar-refractivity contribution in [1.82, 2.24) is 0 Å². The summed E-state index contributed by atoms with van der Waals surface area (Å²) in [4.78, 5) is 0. The molecule has 2 atom stereocenters.